The Kier molecular flexibility index (Phi) is 6.51. The zero-order valence-electron chi connectivity index (χ0n) is 18.2. The van der Waals surface area contributed by atoms with Crippen LogP contribution in [0.1, 0.15) is 47.6 Å². The lowest BCUT2D eigenvalue weighted by Gasteiger charge is -2.17. The van der Waals surface area contributed by atoms with Crippen molar-refractivity contribution in [2.75, 3.05) is 14.2 Å². The van der Waals surface area contributed by atoms with Crippen molar-refractivity contribution in [1.82, 2.24) is 9.88 Å². The van der Waals surface area contributed by atoms with Crippen LogP contribution >= 0.6 is 11.3 Å². The molecule has 1 unspecified atom stereocenters. The molecule has 160 valence electrons. The number of ether oxygens (including phenoxy) is 2. The Morgan fingerprint density at radius 1 is 1.13 bits per heavy atom. The molecule has 0 spiro atoms. The normalized spacial score (nSPS) is 12.2. The smallest absolute Gasteiger partial charge is 0.260 e. The first-order valence-corrected chi connectivity index (χ1v) is 10.7. The van der Waals surface area contributed by atoms with E-state index in [0.717, 1.165) is 15.1 Å². The summed E-state index contributed by atoms with van der Waals surface area (Å²) in [6.45, 7) is 8.53. The summed E-state index contributed by atoms with van der Waals surface area (Å²) in [7, 11) is 3.16. The molecule has 3 rings (SSSR count). The highest BCUT2D eigenvalue weighted by Crippen LogP contribution is 2.31. The Bertz CT molecular complexity index is 1130. The minimum Gasteiger partial charge on any atom is -0.493 e. The maximum absolute atomic E-state index is 13.2. The number of thiophene rings is 1. The molecule has 1 amide bonds. The van der Waals surface area contributed by atoms with Crippen molar-refractivity contribution in [2.24, 2.45) is 5.92 Å². The van der Waals surface area contributed by atoms with Crippen LogP contribution in [0.2, 0.25) is 0 Å². The van der Waals surface area contributed by atoms with Crippen molar-refractivity contribution in [3.63, 3.8) is 0 Å². The molecule has 1 aromatic carbocycles. The maximum atomic E-state index is 13.2. The van der Waals surface area contributed by atoms with Gasteiger partial charge in [0.2, 0.25) is 0 Å². The SMILES string of the molecule is COc1ccc(C(C)NC(=O)c2c(C)sc3ccn(CC(C)C)c(=O)c23)cc1OC. The van der Waals surface area contributed by atoms with Crippen LogP contribution in [-0.2, 0) is 6.54 Å². The molecule has 0 fully saturated rings. The summed E-state index contributed by atoms with van der Waals surface area (Å²) < 4.78 is 13.2. The molecule has 7 heteroatoms. The molecule has 0 aliphatic carbocycles. The molecule has 0 aliphatic heterocycles. The van der Waals surface area contributed by atoms with Crippen LogP contribution in [0, 0.1) is 12.8 Å². The summed E-state index contributed by atoms with van der Waals surface area (Å²) in [5.74, 6) is 1.32. The number of fused-ring (bicyclic) bond motifs is 1. The number of carbonyl (C=O) groups excluding carboxylic acids is 1. The van der Waals surface area contributed by atoms with Gasteiger partial charge in [0.15, 0.2) is 11.5 Å². The molecule has 1 N–H and O–H groups in total. The first kappa shape index (κ1) is 21.9. The highest BCUT2D eigenvalue weighted by molar-refractivity contribution is 7.19. The van der Waals surface area contributed by atoms with E-state index in [2.05, 4.69) is 19.2 Å². The Morgan fingerprint density at radius 2 is 1.83 bits per heavy atom. The quantitative estimate of drug-likeness (QED) is 0.600. The van der Waals surface area contributed by atoms with E-state index in [1.165, 1.54) is 11.3 Å². The lowest BCUT2D eigenvalue weighted by atomic mass is 10.1. The predicted octanol–water partition coefficient (Wildman–Crippen LogP) is 4.54. The Balaban J connectivity index is 1.95. The fraction of sp³-hybridized carbons (Fsp3) is 0.391. The molecule has 0 saturated carbocycles. The number of rotatable bonds is 7. The minimum atomic E-state index is -0.270. The highest BCUT2D eigenvalue weighted by Gasteiger charge is 2.22. The summed E-state index contributed by atoms with van der Waals surface area (Å²) in [5, 5.41) is 3.53. The number of benzene rings is 1. The van der Waals surface area contributed by atoms with Gasteiger partial charge < -0.3 is 19.4 Å². The Hall–Kier alpha value is -2.80. The van der Waals surface area contributed by atoms with E-state index in [9.17, 15) is 9.59 Å². The van der Waals surface area contributed by atoms with E-state index in [1.807, 2.05) is 44.3 Å². The molecule has 2 aromatic heterocycles. The minimum absolute atomic E-state index is 0.116. The third-order valence-corrected chi connectivity index (χ3v) is 6.11. The van der Waals surface area contributed by atoms with Gasteiger partial charge in [-0.05, 0) is 43.5 Å². The largest absolute Gasteiger partial charge is 0.493 e. The molecule has 0 saturated heterocycles. The molecule has 0 bridgehead atoms. The van der Waals surface area contributed by atoms with Gasteiger partial charge in [-0.15, -0.1) is 11.3 Å². The van der Waals surface area contributed by atoms with Gasteiger partial charge in [-0.3, -0.25) is 9.59 Å². The molecule has 30 heavy (non-hydrogen) atoms. The predicted molar refractivity (Wildman–Crippen MR) is 121 cm³/mol. The Morgan fingerprint density at radius 3 is 2.47 bits per heavy atom. The number of pyridine rings is 1. The molecular weight excluding hydrogens is 400 g/mol. The number of carbonyl (C=O) groups is 1. The van der Waals surface area contributed by atoms with E-state index < -0.39 is 0 Å². The van der Waals surface area contributed by atoms with Gasteiger partial charge in [0.05, 0.1) is 31.2 Å². The molecule has 6 nitrogen and oxygen atoms in total. The number of hydrogen-bond donors (Lipinski definition) is 1. The van der Waals surface area contributed by atoms with Crippen molar-refractivity contribution in [3.8, 4) is 11.5 Å². The number of amides is 1. The van der Waals surface area contributed by atoms with Gasteiger partial charge in [0.25, 0.3) is 11.5 Å². The Labute approximate surface area is 180 Å². The lowest BCUT2D eigenvalue weighted by Crippen LogP contribution is -2.29. The van der Waals surface area contributed by atoms with Gasteiger partial charge in [-0.25, -0.2) is 0 Å². The summed E-state index contributed by atoms with van der Waals surface area (Å²) in [5.41, 5.74) is 1.23. The van der Waals surface area contributed by atoms with Crippen LogP contribution in [0.15, 0.2) is 35.3 Å². The van der Waals surface area contributed by atoms with E-state index in [4.69, 9.17) is 9.47 Å². The third kappa shape index (κ3) is 4.21. The van der Waals surface area contributed by atoms with E-state index in [-0.39, 0.29) is 17.5 Å². The number of aromatic nitrogens is 1. The second kappa shape index (κ2) is 8.92. The standard InChI is InChI=1S/C23H28N2O4S/c1-13(2)12-25-10-9-19-21(23(25)27)20(15(4)30-19)22(26)24-14(3)16-7-8-17(28-5)18(11-16)29-6/h7-11,13-14H,12H2,1-6H3,(H,24,26). The van der Waals surface area contributed by atoms with Gasteiger partial charge in [0.1, 0.15) is 0 Å². The molecule has 0 aliphatic rings. The average Bonchev–Trinajstić information content (AvgIpc) is 3.06. The number of aryl methyl sites for hydroxylation is 1. The number of hydrogen-bond acceptors (Lipinski definition) is 5. The highest BCUT2D eigenvalue weighted by atomic mass is 32.1. The zero-order chi connectivity index (χ0) is 22.0. The summed E-state index contributed by atoms with van der Waals surface area (Å²) in [6, 6.07) is 7.20. The molecule has 1 atom stereocenters. The number of nitrogens with zero attached hydrogens (tertiary/aromatic N) is 1. The third-order valence-electron chi connectivity index (χ3n) is 5.04. The monoisotopic (exact) mass is 428 g/mol. The van der Waals surface area contributed by atoms with E-state index >= 15 is 0 Å². The molecular formula is C23H28N2O4S. The second-order valence-electron chi connectivity index (χ2n) is 7.75. The van der Waals surface area contributed by atoms with Crippen molar-refractivity contribution < 1.29 is 14.3 Å². The number of nitrogens with one attached hydrogen (secondary N) is 1. The number of methoxy groups -OCH3 is 2. The van der Waals surface area contributed by atoms with Crippen LogP contribution in [0.3, 0.4) is 0 Å². The van der Waals surface area contributed by atoms with Gasteiger partial charge in [0, 0.05) is 22.3 Å². The van der Waals surface area contributed by atoms with Gasteiger partial charge >= 0.3 is 0 Å². The first-order valence-electron chi connectivity index (χ1n) is 9.92. The zero-order valence-corrected chi connectivity index (χ0v) is 19.1. The average molecular weight is 429 g/mol. The molecule has 3 aromatic rings. The summed E-state index contributed by atoms with van der Waals surface area (Å²) in [4.78, 5) is 27.1. The van der Waals surface area contributed by atoms with Crippen LogP contribution < -0.4 is 20.3 Å². The first-order chi connectivity index (χ1) is 14.3. The fourth-order valence-electron chi connectivity index (χ4n) is 3.55. The van der Waals surface area contributed by atoms with Crippen molar-refractivity contribution in [1.29, 1.82) is 0 Å². The van der Waals surface area contributed by atoms with E-state index in [0.29, 0.717) is 34.9 Å². The van der Waals surface area contributed by atoms with Crippen molar-refractivity contribution >= 4 is 27.3 Å². The molecule has 0 radical (unpaired) electrons. The summed E-state index contributed by atoms with van der Waals surface area (Å²) >= 11 is 1.47. The van der Waals surface area contributed by atoms with Crippen molar-refractivity contribution in [3.05, 3.63) is 56.8 Å². The summed E-state index contributed by atoms with van der Waals surface area (Å²) in [6.07, 6.45) is 1.81. The molecule has 2 heterocycles. The lowest BCUT2D eigenvalue weighted by molar-refractivity contribution is 0.0941. The van der Waals surface area contributed by atoms with Gasteiger partial charge in [-0.2, -0.15) is 0 Å². The van der Waals surface area contributed by atoms with E-state index in [1.54, 1.807) is 18.8 Å². The maximum Gasteiger partial charge on any atom is 0.260 e. The van der Waals surface area contributed by atoms with Crippen LogP contribution in [0.4, 0.5) is 0 Å². The van der Waals surface area contributed by atoms with Crippen LogP contribution in [-0.4, -0.2) is 24.7 Å². The topological polar surface area (TPSA) is 69.6 Å². The van der Waals surface area contributed by atoms with Crippen LogP contribution in [0.5, 0.6) is 11.5 Å². The van der Waals surface area contributed by atoms with Gasteiger partial charge in [-0.1, -0.05) is 19.9 Å². The van der Waals surface area contributed by atoms with Crippen LogP contribution in [0.25, 0.3) is 10.1 Å². The second-order valence-corrected chi connectivity index (χ2v) is 9.01. The fourth-order valence-corrected chi connectivity index (χ4v) is 4.60. The van der Waals surface area contributed by atoms with Crippen molar-refractivity contribution in [2.45, 2.75) is 40.3 Å².